The van der Waals surface area contributed by atoms with E-state index in [0.717, 1.165) is 11.3 Å². The Morgan fingerprint density at radius 1 is 1.41 bits per heavy atom. The lowest BCUT2D eigenvalue weighted by Crippen LogP contribution is -1.91. The first-order valence-electron chi connectivity index (χ1n) is 5.41. The maximum absolute atomic E-state index is 11.1. The minimum Gasteiger partial charge on any atom is -0.494 e. The summed E-state index contributed by atoms with van der Waals surface area (Å²) in [5.41, 5.74) is 1.50. The minimum absolute atomic E-state index is 0.135. The van der Waals surface area contributed by atoms with Crippen LogP contribution in [-0.2, 0) is 0 Å². The SMILES string of the molecule is CCOc1cccc(-c2cc(C(C)=O)on2)c1. The van der Waals surface area contributed by atoms with Crippen LogP contribution in [0.4, 0.5) is 0 Å². The monoisotopic (exact) mass is 231 g/mol. The molecule has 2 rings (SSSR count). The molecule has 0 aliphatic heterocycles. The van der Waals surface area contributed by atoms with Gasteiger partial charge in [-0.05, 0) is 19.1 Å². The first-order valence-corrected chi connectivity index (χ1v) is 5.41. The maximum Gasteiger partial charge on any atom is 0.202 e. The zero-order chi connectivity index (χ0) is 12.3. The van der Waals surface area contributed by atoms with Crippen molar-refractivity contribution >= 4 is 5.78 Å². The fourth-order valence-electron chi connectivity index (χ4n) is 1.49. The number of carbonyl (C=O) groups excluding carboxylic acids is 1. The molecule has 1 heterocycles. The molecule has 0 aliphatic rings. The molecule has 0 atom stereocenters. The molecular weight excluding hydrogens is 218 g/mol. The Labute approximate surface area is 99.2 Å². The number of ketones is 1. The molecule has 0 bridgehead atoms. The quantitative estimate of drug-likeness (QED) is 0.759. The number of hydrogen-bond donors (Lipinski definition) is 0. The van der Waals surface area contributed by atoms with Gasteiger partial charge in [-0.2, -0.15) is 0 Å². The molecule has 0 N–H and O–H groups in total. The molecule has 0 unspecified atom stereocenters. The number of ether oxygens (including phenoxy) is 1. The summed E-state index contributed by atoms with van der Waals surface area (Å²) in [6.07, 6.45) is 0. The highest BCUT2D eigenvalue weighted by atomic mass is 16.5. The third kappa shape index (κ3) is 2.53. The van der Waals surface area contributed by atoms with E-state index in [2.05, 4.69) is 5.16 Å². The Morgan fingerprint density at radius 3 is 2.88 bits per heavy atom. The third-order valence-electron chi connectivity index (χ3n) is 2.30. The van der Waals surface area contributed by atoms with Crippen LogP contribution < -0.4 is 4.74 Å². The van der Waals surface area contributed by atoms with Crippen LogP contribution >= 0.6 is 0 Å². The lowest BCUT2D eigenvalue weighted by atomic mass is 10.1. The molecule has 88 valence electrons. The second kappa shape index (κ2) is 4.82. The minimum atomic E-state index is -0.135. The molecule has 0 radical (unpaired) electrons. The Morgan fingerprint density at radius 2 is 2.24 bits per heavy atom. The van der Waals surface area contributed by atoms with Crippen molar-refractivity contribution in [1.29, 1.82) is 0 Å². The fraction of sp³-hybridized carbons (Fsp3) is 0.231. The first kappa shape index (κ1) is 11.4. The van der Waals surface area contributed by atoms with E-state index in [9.17, 15) is 4.79 Å². The van der Waals surface area contributed by atoms with Gasteiger partial charge < -0.3 is 9.26 Å². The van der Waals surface area contributed by atoms with Gasteiger partial charge in [-0.15, -0.1) is 0 Å². The van der Waals surface area contributed by atoms with Crippen molar-refractivity contribution in [3.63, 3.8) is 0 Å². The van der Waals surface area contributed by atoms with Crippen LogP contribution in [-0.4, -0.2) is 17.5 Å². The van der Waals surface area contributed by atoms with Gasteiger partial charge in [0.2, 0.25) is 5.76 Å². The summed E-state index contributed by atoms with van der Waals surface area (Å²) < 4.78 is 10.3. The number of rotatable bonds is 4. The summed E-state index contributed by atoms with van der Waals surface area (Å²) in [7, 11) is 0. The van der Waals surface area contributed by atoms with Gasteiger partial charge in [0.05, 0.1) is 6.61 Å². The van der Waals surface area contributed by atoms with E-state index in [0.29, 0.717) is 12.3 Å². The predicted molar refractivity (Wildman–Crippen MR) is 63.1 cm³/mol. The fourth-order valence-corrected chi connectivity index (χ4v) is 1.49. The Bertz CT molecular complexity index is 531. The molecule has 2 aromatic rings. The molecule has 0 fully saturated rings. The number of Topliss-reactive ketones (excluding diaryl/α,β-unsaturated/α-hetero) is 1. The standard InChI is InChI=1S/C13H13NO3/c1-3-16-11-6-4-5-10(7-11)12-8-13(9(2)15)17-14-12/h4-8H,3H2,1-2H3. The van der Waals surface area contributed by atoms with Gasteiger partial charge in [-0.25, -0.2) is 0 Å². The molecule has 0 saturated carbocycles. The van der Waals surface area contributed by atoms with Crippen LogP contribution in [0.5, 0.6) is 5.75 Å². The largest absolute Gasteiger partial charge is 0.494 e. The Kier molecular flexibility index (Phi) is 3.23. The first-order chi connectivity index (χ1) is 8.20. The number of hydrogen-bond acceptors (Lipinski definition) is 4. The number of benzene rings is 1. The van der Waals surface area contributed by atoms with Gasteiger partial charge in [0.25, 0.3) is 0 Å². The molecule has 4 nitrogen and oxygen atoms in total. The lowest BCUT2D eigenvalue weighted by Gasteiger charge is -2.03. The van der Waals surface area contributed by atoms with Gasteiger partial charge in [0, 0.05) is 18.6 Å². The average Bonchev–Trinajstić information content (AvgIpc) is 2.79. The van der Waals surface area contributed by atoms with E-state index in [4.69, 9.17) is 9.26 Å². The summed E-state index contributed by atoms with van der Waals surface area (Å²) in [6, 6.07) is 9.14. The molecule has 0 spiro atoms. The van der Waals surface area contributed by atoms with Crippen molar-refractivity contribution in [3.8, 4) is 17.0 Å². The summed E-state index contributed by atoms with van der Waals surface area (Å²) in [5.74, 6) is 0.906. The van der Waals surface area contributed by atoms with E-state index in [-0.39, 0.29) is 11.5 Å². The van der Waals surface area contributed by atoms with Gasteiger partial charge in [0.1, 0.15) is 11.4 Å². The van der Waals surface area contributed by atoms with E-state index < -0.39 is 0 Å². The van der Waals surface area contributed by atoms with Gasteiger partial charge in [-0.1, -0.05) is 17.3 Å². The van der Waals surface area contributed by atoms with Crippen molar-refractivity contribution in [1.82, 2.24) is 5.16 Å². The van der Waals surface area contributed by atoms with Crippen molar-refractivity contribution < 1.29 is 14.1 Å². The van der Waals surface area contributed by atoms with E-state index in [1.165, 1.54) is 6.92 Å². The summed E-state index contributed by atoms with van der Waals surface area (Å²) in [4.78, 5) is 11.1. The zero-order valence-corrected chi connectivity index (χ0v) is 9.77. The second-order valence-electron chi connectivity index (χ2n) is 3.59. The topological polar surface area (TPSA) is 52.3 Å². The highest BCUT2D eigenvalue weighted by Crippen LogP contribution is 2.23. The van der Waals surface area contributed by atoms with Crippen LogP contribution in [0.3, 0.4) is 0 Å². The van der Waals surface area contributed by atoms with E-state index in [1.807, 2.05) is 31.2 Å². The molecule has 1 aromatic heterocycles. The molecule has 0 saturated heterocycles. The molecule has 4 heteroatoms. The Hall–Kier alpha value is -2.10. The number of nitrogens with zero attached hydrogens (tertiary/aromatic N) is 1. The van der Waals surface area contributed by atoms with Crippen LogP contribution in [0.15, 0.2) is 34.9 Å². The van der Waals surface area contributed by atoms with Crippen molar-refractivity contribution in [2.45, 2.75) is 13.8 Å². The molecular formula is C13H13NO3. The highest BCUT2D eigenvalue weighted by Gasteiger charge is 2.10. The van der Waals surface area contributed by atoms with Gasteiger partial charge in [0.15, 0.2) is 5.78 Å². The Balaban J connectivity index is 2.31. The van der Waals surface area contributed by atoms with Crippen LogP contribution in [0, 0.1) is 0 Å². The molecule has 1 aromatic carbocycles. The maximum atomic E-state index is 11.1. The van der Waals surface area contributed by atoms with Gasteiger partial charge in [-0.3, -0.25) is 4.79 Å². The summed E-state index contributed by atoms with van der Waals surface area (Å²) in [6.45, 7) is 3.98. The third-order valence-corrected chi connectivity index (χ3v) is 2.30. The highest BCUT2D eigenvalue weighted by molar-refractivity contribution is 5.92. The summed E-state index contributed by atoms with van der Waals surface area (Å²) in [5, 5.41) is 3.86. The van der Waals surface area contributed by atoms with Gasteiger partial charge >= 0.3 is 0 Å². The molecule has 0 aliphatic carbocycles. The van der Waals surface area contributed by atoms with Crippen LogP contribution in [0.1, 0.15) is 24.4 Å². The van der Waals surface area contributed by atoms with Crippen LogP contribution in [0.25, 0.3) is 11.3 Å². The van der Waals surface area contributed by atoms with Crippen molar-refractivity contribution in [3.05, 3.63) is 36.1 Å². The zero-order valence-electron chi connectivity index (χ0n) is 9.77. The normalized spacial score (nSPS) is 10.2. The number of aromatic nitrogens is 1. The van der Waals surface area contributed by atoms with E-state index >= 15 is 0 Å². The average molecular weight is 231 g/mol. The number of carbonyl (C=O) groups is 1. The smallest absolute Gasteiger partial charge is 0.202 e. The predicted octanol–water partition coefficient (Wildman–Crippen LogP) is 2.94. The summed E-state index contributed by atoms with van der Waals surface area (Å²) >= 11 is 0. The molecule has 17 heavy (non-hydrogen) atoms. The lowest BCUT2D eigenvalue weighted by molar-refractivity contribution is 0.0978. The van der Waals surface area contributed by atoms with Crippen molar-refractivity contribution in [2.75, 3.05) is 6.61 Å². The van der Waals surface area contributed by atoms with E-state index in [1.54, 1.807) is 6.07 Å². The second-order valence-corrected chi connectivity index (χ2v) is 3.59. The van der Waals surface area contributed by atoms with Crippen molar-refractivity contribution in [2.24, 2.45) is 0 Å². The molecule has 0 amide bonds. The van der Waals surface area contributed by atoms with Crippen LogP contribution in [0.2, 0.25) is 0 Å².